The number of hydrogen-bond acceptors (Lipinski definition) is 6. The van der Waals surface area contributed by atoms with Gasteiger partial charge in [-0.15, -0.1) is 0 Å². The summed E-state index contributed by atoms with van der Waals surface area (Å²) in [6, 6.07) is 13.9. The summed E-state index contributed by atoms with van der Waals surface area (Å²) in [5.74, 6) is 0.129. The Bertz CT molecular complexity index is 1170. The first-order valence-electron chi connectivity index (χ1n) is 9.27. The summed E-state index contributed by atoms with van der Waals surface area (Å²) in [6.45, 7) is -0.209. The highest BCUT2D eigenvalue weighted by Crippen LogP contribution is 2.40. The van der Waals surface area contributed by atoms with Crippen molar-refractivity contribution in [1.29, 1.82) is 0 Å². The summed E-state index contributed by atoms with van der Waals surface area (Å²) in [6.07, 6.45) is 1.66. The fourth-order valence-corrected chi connectivity index (χ4v) is 4.46. The number of rotatable bonds is 5. The number of amides is 2. The molecule has 158 valence electrons. The van der Waals surface area contributed by atoms with Crippen molar-refractivity contribution < 1.29 is 19.1 Å². The molecular weight excluding hydrogens is 438 g/mol. The smallest absolute Gasteiger partial charge is 0.259 e. The van der Waals surface area contributed by atoms with Gasteiger partial charge in [0.2, 0.25) is 5.91 Å². The molecule has 0 atom stereocenters. The number of nitrogens with zero attached hydrogens (tertiary/aromatic N) is 2. The van der Waals surface area contributed by atoms with Crippen LogP contribution in [0.15, 0.2) is 64.6 Å². The van der Waals surface area contributed by atoms with Crippen LogP contribution in [0.25, 0.3) is 0 Å². The van der Waals surface area contributed by atoms with E-state index in [2.05, 4.69) is 10.3 Å². The highest BCUT2D eigenvalue weighted by molar-refractivity contribution is 7.99. The van der Waals surface area contributed by atoms with Crippen LogP contribution in [0, 0.1) is 0 Å². The second-order valence-electron chi connectivity index (χ2n) is 6.55. The molecule has 1 aliphatic rings. The van der Waals surface area contributed by atoms with E-state index in [9.17, 15) is 9.59 Å². The first-order valence-corrected chi connectivity index (χ1v) is 10.5. The molecule has 0 spiro atoms. The van der Waals surface area contributed by atoms with E-state index in [4.69, 9.17) is 21.1 Å². The molecule has 0 saturated heterocycles. The lowest BCUT2D eigenvalue weighted by Crippen LogP contribution is -2.38. The number of ether oxygens (including phenoxy) is 2. The van der Waals surface area contributed by atoms with Gasteiger partial charge < -0.3 is 14.8 Å². The van der Waals surface area contributed by atoms with Crippen molar-refractivity contribution in [3.63, 3.8) is 0 Å². The molecule has 1 aliphatic heterocycles. The number of aromatic nitrogens is 1. The minimum Gasteiger partial charge on any atom is -0.495 e. The Morgan fingerprint density at radius 1 is 1.13 bits per heavy atom. The standard InChI is InChI=1S/C22H18ClN3O4S/c1-29-17-11-18(30-2)15(10-14(17)23)25-20(27)12-26-16-7-5-9-24-21(16)31-19-8-4-3-6-13(19)22(26)28/h3-11H,12H2,1-2H3,(H,25,27). The average Bonchev–Trinajstić information content (AvgIpc) is 2.89. The van der Waals surface area contributed by atoms with Gasteiger partial charge in [-0.2, -0.15) is 0 Å². The highest BCUT2D eigenvalue weighted by atomic mass is 35.5. The minimum absolute atomic E-state index is 0.209. The van der Waals surface area contributed by atoms with Gasteiger partial charge in [-0.05, 0) is 30.3 Å². The number of carbonyl (C=O) groups is 2. The van der Waals surface area contributed by atoms with E-state index < -0.39 is 5.91 Å². The maximum Gasteiger partial charge on any atom is 0.259 e. The maximum atomic E-state index is 13.3. The van der Waals surface area contributed by atoms with Gasteiger partial charge in [0.05, 0.1) is 36.2 Å². The Morgan fingerprint density at radius 3 is 2.68 bits per heavy atom. The predicted molar refractivity (Wildman–Crippen MR) is 120 cm³/mol. The molecule has 0 unspecified atom stereocenters. The van der Waals surface area contributed by atoms with Crippen LogP contribution in [-0.4, -0.2) is 37.6 Å². The lowest BCUT2D eigenvalue weighted by atomic mass is 10.2. The molecular formula is C22H18ClN3O4S. The SMILES string of the molecule is COc1cc(OC)c(NC(=O)CN2C(=O)c3ccccc3Sc3ncccc32)cc1Cl. The third-order valence-corrected chi connectivity index (χ3v) is 6.04. The van der Waals surface area contributed by atoms with Gasteiger partial charge in [-0.25, -0.2) is 4.98 Å². The largest absolute Gasteiger partial charge is 0.495 e. The number of fused-ring (bicyclic) bond motifs is 2. The van der Waals surface area contributed by atoms with E-state index in [0.29, 0.717) is 38.5 Å². The molecule has 4 rings (SSSR count). The molecule has 3 aromatic rings. The maximum absolute atomic E-state index is 13.3. The molecule has 7 nitrogen and oxygen atoms in total. The quantitative estimate of drug-likeness (QED) is 0.610. The van der Waals surface area contributed by atoms with E-state index >= 15 is 0 Å². The Kier molecular flexibility index (Phi) is 6.01. The molecule has 9 heteroatoms. The van der Waals surface area contributed by atoms with Gasteiger partial charge >= 0.3 is 0 Å². The van der Waals surface area contributed by atoms with Crippen molar-refractivity contribution in [3.8, 4) is 11.5 Å². The summed E-state index contributed by atoms with van der Waals surface area (Å²) in [5.41, 5.74) is 1.47. The first-order chi connectivity index (χ1) is 15.0. The summed E-state index contributed by atoms with van der Waals surface area (Å²) in [4.78, 5) is 32.8. The number of halogens is 1. The number of hydrogen-bond donors (Lipinski definition) is 1. The number of anilines is 2. The normalized spacial score (nSPS) is 12.5. The molecule has 2 aromatic carbocycles. The number of pyridine rings is 1. The van der Waals surface area contributed by atoms with E-state index in [1.165, 1.54) is 30.9 Å². The molecule has 2 amide bonds. The Morgan fingerprint density at radius 2 is 1.90 bits per heavy atom. The van der Waals surface area contributed by atoms with Crippen LogP contribution in [0.5, 0.6) is 11.5 Å². The molecule has 31 heavy (non-hydrogen) atoms. The third-order valence-electron chi connectivity index (χ3n) is 4.66. The molecule has 1 aromatic heterocycles. The first kappa shape index (κ1) is 21.0. The zero-order chi connectivity index (χ0) is 22.0. The van der Waals surface area contributed by atoms with E-state index in [0.717, 1.165) is 4.90 Å². The number of methoxy groups -OCH3 is 2. The van der Waals surface area contributed by atoms with Crippen LogP contribution in [-0.2, 0) is 4.79 Å². The molecule has 0 saturated carbocycles. The van der Waals surface area contributed by atoms with Gasteiger partial charge in [0, 0.05) is 17.2 Å². The van der Waals surface area contributed by atoms with Gasteiger partial charge in [0.15, 0.2) is 0 Å². The zero-order valence-electron chi connectivity index (χ0n) is 16.7. The minimum atomic E-state index is -0.410. The molecule has 0 fully saturated rings. The molecule has 0 bridgehead atoms. The van der Waals surface area contributed by atoms with Crippen molar-refractivity contribution in [2.24, 2.45) is 0 Å². The van der Waals surface area contributed by atoms with Gasteiger partial charge in [-0.3, -0.25) is 14.5 Å². The topological polar surface area (TPSA) is 80.8 Å². The highest BCUT2D eigenvalue weighted by Gasteiger charge is 2.29. The molecule has 1 N–H and O–H groups in total. The predicted octanol–water partition coefficient (Wildman–Crippen LogP) is 4.50. The number of benzene rings is 2. The van der Waals surface area contributed by atoms with Crippen molar-refractivity contribution >= 4 is 46.6 Å². The van der Waals surface area contributed by atoms with E-state index in [1.54, 1.807) is 42.6 Å². The summed E-state index contributed by atoms with van der Waals surface area (Å²) >= 11 is 7.59. The second-order valence-corrected chi connectivity index (χ2v) is 7.99. The third kappa shape index (κ3) is 4.17. The lowest BCUT2D eigenvalue weighted by molar-refractivity contribution is -0.114. The summed E-state index contributed by atoms with van der Waals surface area (Å²) < 4.78 is 10.5. The fraction of sp³-hybridized carbons (Fsp3) is 0.136. The zero-order valence-corrected chi connectivity index (χ0v) is 18.3. The Balaban J connectivity index is 1.65. The van der Waals surface area contributed by atoms with E-state index in [-0.39, 0.29) is 12.5 Å². The van der Waals surface area contributed by atoms with Gasteiger partial charge in [-0.1, -0.05) is 35.5 Å². The fourth-order valence-electron chi connectivity index (χ4n) is 3.21. The second kappa shape index (κ2) is 8.87. The Labute approximate surface area is 188 Å². The van der Waals surface area contributed by atoms with Crippen LogP contribution in [0.1, 0.15) is 10.4 Å². The molecule has 2 heterocycles. The summed E-state index contributed by atoms with van der Waals surface area (Å²) in [7, 11) is 2.97. The van der Waals surface area contributed by atoms with Crippen molar-refractivity contribution in [2.75, 3.05) is 31.0 Å². The van der Waals surface area contributed by atoms with Crippen molar-refractivity contribution in [3.05, 3.63) is 65.3 Å². The van der Waals surface area contributed by atoms with Crippen LogP contribution >= 0.6 is 23.4 Å². The monoisotopic (exact) mass is 455 g/mol. The molecule has 0 radical (unpaired) electrons. The molecule has 0 aliphatic carbocycles. The van der Waals surface area contributed by atoms with Gasteiger partial charge in [0.1, 0.15) is 23.1 Å². The average molecular weight is 456 g/mol. The van der Waals surface area contributed by atoms with Crippen LogP contribution in [0.2, 0.25) is 5.02 Å². The number of carbonyl (C=O) groups excluding carboxylic acids is 2. The van der Waals surface area contributed by atoms with E-state index in [1.807, 2.05) is 12.1 Å². The Hall–Kier alpha value is -3.23. The van der Waals surface area contributed by atoms with Crippen LogP contribution in [0.3, 0.4) is 0 Å². The lowest BCUT2D eigenvalue weighted by Gasteiger charge is -2.22. The van der Waals surface area contributed by atoms with Crippen LogP contribution in [0.4, 0.5) is 11.4 Å². The number of nitrogens with one attached hydrogen (secondary N) is 1. The summed E-state index contributed by atoms with van der Waals surface area (Å²) in [5, 5.41) is 3.75. The van der Waals surface area contributed by atoms with Gasteiger partial charge in [0.25, 0.3) is 5.91 Å². The van der Waals surface area contributed by atoms with Crippen molar-refractivity contribution in [2.45, 2.75) is 9.92 Å². The van der Waals surface area contributed by atoms with Crippen LogP contribution < -0.4 is 19.7 Å². The van der Waals surface area contributed by atoms with Crippen molar-refractivity contribution in [1.82, 2.24) is 4.98 Å².